The Hall–Kier alpha value is -6.12. The van der Waals surface area contributed by atoms with Gasteiger partial charge in [-0.2, -0.15) is 0 Å². The molecule has 310 valence electrons. The summed E-state index contributed by atoms with van der Waals surface area (Å²) in [6.07, 6.45) is 2.62. The molecule has 3 N–H and O–H groups in total. The number of aromatic nitrogens is 4. The second kappa shape index (κ2) is 16.3. The van der Waals surface area contributed by atoms with Crippen molar-refractivity contribution in [2.24, 2.45) is 17.8 Å². The van der Waals surface area contributed by atoms with Gasteiger partial charge in [-0.05, 0) is 85.0 Å². The number of likely N-dealkylation sites (tertiary alicyclic amines) is 2. The smallest absolute Gasteiger partial charge is 0.407 e. The van der Waals surface area contributed by atoms with E-state index in [4.69, 9.17) is 28.9 Å². The summed E-state index contributed by atoms with van der Waals surface area (Å²) in [5, 5.41) is 2.70. The minimum atomic E-state index is -0.714. The van der Waals surface area contributed by atoms with Gasteiger partial charge in [-0.25, -0.2) is 14.8 Å². The third-order valence-corrected chi connectivity index (χ3v) is 12.0. The Morgan fingerprint density at radius 3 is 1.75 bits per heavy atom. The summed E-state index contributed by atoms with van der Waals surface area (Å²) < 4.78 is 21.9. The topological polar surface area (TPSA) is 181 Å². The Morgan fingerprint density at radius 1 is 0.746 bits per heavy atom. The number of esters is 1. The first-order chi connectivity index (χ1) is 28.4. The summed E-state index contributed by atoms with van der Waals surface area (Å²) in [6, 6.07) is 14.9. The van der Waals surface area contributed by atoms with Crippen molar-refractivity contribution in [3.8, 4) is 33.8 Å². The van der Waals surface area contributed by atoms with Crippen molar-refractivity contribution in [1.29, 1.82) is 0 Å². The number of nitrogens with zero attached hydrogens (tertiary/aromatic N) is 4. The van der Waals surface area contributed by atoms with Crippen LogP contribution in [0.25, 0.3) is 44.3 Å². The summed E-state index contributed by atoms with van der Waals surface area (Å²) in [5.41, 5.74) is 6.81. The van der Waals surface area contributed by atoms with E-state index in [2.05, 4.69) is 15.3 Å². The summed E-state index contributed by atoms with van der Waals surface area (Å²) in [5.74, 6) is 1.51. The highest BCUT2D eigenvalue weighted by molar-refractivity contribution is 5.91. The van der Waals surface area contributed by atoms with Crippen LogP contribution in [0.4, 0.5) is 4.79 Å². The average Bonchev–Trinajstić information content (AvgIpc) is 4.08. The van der Waals surface area contributed by atoms with Crippen molar-refractivity contribution in [3.63, 3.8) is 0 Å². The number of fused-ring (bicyclic) bond motifs is 3. The van der Waals surface area contributed by atoms with E-state index in [0.717, 1.165) is 75.8 Å². The highest BCUT2D eigenvalue weighted by Gasteiger charge is 2.39. The SMILES string of the molecule is COC(=O)C[C@H](C(=O)N1CCC[C@H]1c1nc2ccc(-c3ccc(-c4ccc5nc([C@@H]6CCCN6C(=O)[C@@H](NC(=O)OC)C(C)C)[nH]c5c4)c4c3OCO4)cc2[nH]1)C(C)C. The van der Waals surface area contributed by atoms with Crippen LogP contribution in [0.1, 0.15) is 83.5 Å². The zero-order valence-corrected chi connectivity index (χ0v) is 34.3. The van der Waals surface area contributed by atoms with E-state index in [1.165, 1.54) is 14.2 Å². The molecule has 3 amide bonds. The molecule has 5 heterocycles. The minimum Gasteiger partial charge on any atom is -0.469 e. The maximum atomic E-state index is 13.8. The van der Waals surface area contributed by atoms with Gasteiger partial charge >= 0.3 is 12.1 Å². The molecule has 0 bridgehead atoms. The van der Waals surface area contributed by atoms with Gasteiger partial charge in [-0.15, -0.1) is 0 Å². The molecule has 8 rings (SSSR count). The highest BCUT2D eigenvalue weighted by Crippen LogP contribution is 2.48. The van der Waals surface area contributed by atoms with E-state index in [1.807, 2.05) is 81.1 Å². The number of carbonyl (C=O) groups excluding carboxylic acids is 4. The Balaban J connectivity index is 1.04. The van der Waals surface area contributed by atoms with Gasteiger partial charge in [0.1, 0.15) is 17.7 Å². The van der Waals surface area contributed by atoms with Crippen LogP contribution in [0.5, 0.6) is 11.5 Å². The number of amides is 3. The number of methoxy groups -OCH3 is 2. The van der Waals surface area contributed by atoms with Crippen LogP contribution >= 0.6 is 0 Å². The van der Waals surface area contributed by atoms with E-state index in [-0.39, 0.29) is 54.9 Å². The number of H-pyrrole nitrogens is 2. The molecule has 0 aliphatic carbocycles. The van der Waals surface area contributed by atoms with Crippen molar-refractivity contribution >= 4 is 45.9 Å². The lowest BCUT2D eigenvalue weighted by atomic mass is 9.91. The molecule has 15 heteroatoms. The van der Waals surface area contributed by atoms with Crippen LogP contribution < -0.4 is 14.8 Å². The highest BCUT2D eigenvalue weighted by atomic mass is 16.7. The van der Waals surface area contributed by atoms with Crippen molar-refractivity contribution in [2.75, 3.05) is 34.1 Å². The molecule has 0 radical (unpaired) electrons. The molecular formula is C44H51N7O8. The molecule has 15 nitrogen and oxygen atoms in total. The molecule has 4 atom stereocenters. The van der Waals surface area contributed by atoms with Gasteiger partial charge in [-0.3, -0.25) is 14.4 Å². The van der Waals surface area contributed by atoms with Gasteiger partial charge in [0.15, 0.2) is 11.5 Å². The first-order valence-electron chi connectivity index (χ1n) is 20.4. The second-order valence-corrected chi connectivity index (χ2v) is 16.3. The monoisotopic (exact) mass is 805 g/mol. The predicted octanol–water partition coefficient (Wildman–Crippen LogP) is 7.04. The standard InChI is InChI=1S/C44H51N7O8/c1-23(2)29(21-36(52)56-5)42(53)50-17-7-9-34(50)40-45-30-15-11-25(19-32(30)47-40)27-13-14-28(39-38(27)58-22-59-39)26-12-16-31-33(20-26)48-41(46-31)35-10-8-18-51(35)43(54)37(24(3)4)49-44(55)57-6/h11-16,19-20,23-24,29,34-35,37H,7-10,17-18,21-22H2,1-6H3,(H,45,47)(H,46,48)(H,49,55)/t29-,34-,35-,37-/m0/s1. The molecule has 0 unspecified atom stereocenters. The first kappa shape index (κ1) is 39.7. The fourth-order valence-electron chi connectivity index (χ4n) is 8.75. The third-order valence-electron chi connectivity index (χ3n) is 12.0. The van der Waals surface area contributed by atoms with Crippen molar-refractivity contribution in [1.82, 2.24) is 35.1 Å². The van der Waals surface area contributed by atoms with Crippen LogP contribution in [-0.4, -0.2) is 93.8 Å². The molecule has 3 aliphatic heterocycles. The second-order valence-electron chi connectivity index (χ2n) is 16.3. The van der Waals surface area contributed by atoms with Crippen LogP contribution in [-0.2, 0) is 23.9 Å². The lowest BCUT2D eigenvalue weighted by molar-refractivity contribution is -0.148. The molecule has 2 saturated heterocycles. The maximum absolute atomic E-state index is 13.8. The van der Waals surface area contributed by atoms with E-state index >= 15 is 0 Å². The molecule has 0 spiro atoms. The van der Waals surface area contributed by atoms with Gasteiger partial charge in [-0.1, -0.05) is 39.8 Å². The summed E-state index contributed by atoms with van der Waals surface area (Å²) in [7, 11) is 2.63. The van der Waals surface area contributed by atoms with Gasteiger partial charge in [0.25, 0.3) is 0 Å². The van der Waals surface area contributed by atoms with Gasteiger partial charge < -0.3 is 44.0 Å². The maximum Gasteiger partial charge on any atom is 0.407 e. The lowest BCUT2D eigenvalue weighted by Crippen LogP contribution is -2.51. The quantitative estimate of drug-likeness (QED) is 0.117. The van der Waals surface area contributed by atoms with Gasteiger partial charge in [0.05, 0.1) is 60.7 Å². The number of hydrogen-bond acceptors (Lipinski definition) is 10. The third kappa shape index (κ3) is 7.54. The largest absolute Gasteiger partial charge is 0.469 e. The Labute approximate surface area is 342 Å². The van der Waals surface area contributed by atoms with E-state index in [9.17, 15) is 19.2 Å². The Bertz CT molecular complexity index is 2260. The van der Waals surface area contributed by atoms with E-state index in [1.54, 1.807) is 4.90 Å². The van der Waals surface area contributed by atoms with Crippen LogP contribution in [0, 0.1) is 17.8 Å². The molecule has 3 aromatic carbocycles. The van der Waals surface area contributed by atoms with E-state index in [0.29, 0.717) is 30.4 Å². The number of rotatable bonds is 11. The number of benzene rings is 3. The Kier molecular flexibility index (Phi) is 10.9. The van der Waals surface area contributed by atoms with Crippen molar-refractivity contribution in [2.45, 2.75) is 77.9 Å². The van der Waals surface area contributed by atoms with E-state index < -0.39 is 18.1 Å². The van der Waals surface area contributed by atoms with Crippen molar-refractivity contribution < 1.29 is 38.1 Å². The number of aromatic amines is 2. The van der Waals surface area contributed by atoms with Crippen LogP contribution in [0.3, 0.4) is 0 Å². The zero-order chi connectivity index (χ0) is 41.5. The normalized spacial score (nSPS) is 18.6. The summed E-state index contributed by atoms with van der Waals surface area (Å²) >= 11 is 0. The molecule has 5 aromatic rings. The number of hydrogen-bond donors (Lipinski definition) is 3. The summed E-state index contributed by atoms with van der Waals surface area (Å²) in [4.78, 5) is 72.1. The average molecular weight is 806 g/mol. The summed E-state index contributed by atoms with van der Waals surface area (Å²) in [6.45, 7) is 8.97. The number of carbonyl (C=O) groups is 4. The molecule has 2 fully saturated rings. The number of nitrogens with one attached hydrogen (secondary N) is 3. The zero-order valence-electron chi connectivity index (χ0n) is 34.3. The van der Waals surface area contributed by atoms with Crippen molar-refractivity contribution in [3.05, 3.63) is 60.2 Å². The Morgan fingerprint density at radius 2 is 1.27 bits per heavy atom. The fraction of sp³-hybridized carbons (Fsp3) is 0.455. The number of alkyl carbamates (subject to hydrolysis) is 1. The van der Waals surface area contributed by atoms with Crippen LogP contribution in [0.2, 0.25) is 0 Å². The first-order valence-corrected chi connectivity index (χ1v) is 20.4. The molecular weight excluding hydrogens is 755 g/mol. The van der Waals surface area contributed by atoms with Crippen LogP contribution in [0.15, 0.2) is 48.5 Å². The lowest BCUT2D eigenvalue weighted by Gasteiger charge is -2.29. The number of ether oxygens (including phenoxy) is 4. The minimum absolute atomic E-state index is 0.0175. The molecule has 0 saturated carbocycles. The van der Waals surface area contributed by atoms with Gasteiger partial charge in [0.2, 0.25) is 18.6 Å². The number of imidazole rings is 2. The molecule has 2 aromatic heterocycles. The molecule has 59 heavy (non-hydrogen) atoms. The van der Waals surface area contributed by atoms with Gasteiger partial charge in [0, 0.05) is 24.2 Å². The fourth-order valence-corrected chi connectivity index (χ4v) is 8.75. The predicted molar refractivity (Wildman–Crippen MR) is 219 cm³/mol. The molecule has 3 aliphatic rings.